The van der Waals surface area contributed by atoms with Gasteiger partial charge in [0.1, 0.15) is 11.3 Å². The van der Waals surface area contributed by atoms with E-state index in [0.717, 1.165) is 5.56 Å². The van der Waals surface area contributed by atoms with Crippen LogP contribution in [0.5, 0.6) is 0 Å². The number of rotatable bonds is 2. The van der Waals surface area contributed by atoms with Gasteiger partial charge in [-0.2, -0.15) is 0 Å². The Morgan fingerprint density at radius 2 is 2.36 bits per heavy atom. The van der Waals surface area contributed by atoms with Gasteiger partial charge < -0.3 is 0 Å². The van der Waals surface area contributed by atoms with Gasteiger partial charge in [0.15, 0.2) is 0 Å². The van der Waals surface area contributed by atoms with Crippen molar-refractivity contribution in [1.29, 1.82) is 0 Å². The van der Waals surface area contributed by atoms with Crippen LogP contribution < -0.4 is 5.90 Å². The topological polar surface area (TPSA) is 48.1 Å². The predicted molar refractivity (Wildman–Crippen MR) is 42.9 cm³/mol. The molecule has 0 saturated heterocycles. The van der Waals surface area contributed by atoms with E-state index in [2.05, 4.69) is 9.82 Å². The number of nitrogens with zero attached hydrogens (tertiary/aromatic N) is 1. The summed E-state index contributed by atoms with van der Waals surface area (Å²) in [4.78, 5) is 8.47. The molecule has 0 fully saturated rings. The average molecular weight is 173 g/mol. The monoisotopic (exact) mass is 172 g/mol. The number of pyridine rings is 1. The summed E-state index contributed by atoms with van der Waals surface area (Å²) < 4.78 is 0. The summed E-state index contributed by atoms with van der Waals surface area (Å²) in [5.41, 5.74) is 0.914. The minimum Gasteiger partial charge on any atom is -0.297 e. The Bertz CT molecular complexity index is 224. The van der Waals surface area contributed by atoms with Gasteiger partial charge in [-0.15, -0.1) is 0 Å². The first-order valence-electron chi connectivity index (χ1n) is 3.21. The molecule has 0 spiro atoms. The van der Waals surface area contributed by atoms with Crippen molar-refractivity contribution in [2.75, 3.05) is 0 Å². The van der Waals surface area contributed by atoms with Crippen LogP contribution in [0.25, 0.3) is 0 Å². The first-order valence-corrected chi connectivity index (χ1v) is 3.59. The van der Waals surface area contributed by atoms with Crippen LogP contribution in [-0.2, 0) is 4.84 Å². The lowest BCUT2D eigenvalue weighted by molar-refractivity contribution is 0.0662. The van der Waals surface area contributed by atoms with E-state index in [1.54, 1.807) is 12.3 Å². The molecule has 1 aromatic heterocycles. The third kappa shape index (κ3) is 2.15. The maximum atomic E-state index is 5.58. The van der Waals surface area contributed by atoms with Crippen molar-refractivity contribution in [2.45, 2.75) is 13.0 Å². The molecule has 1 rings (SSSR count). The highest BCUT2D eigenvalue weighted by Gasteiger charge is 2.03. The number of hydrogen-bond acceptors (Lipinski definition) is 3. The van der Waals surface area contributed by atoms with Crippen LogP contribution in [0.1, 0.15) is 18.6 Å². The summed E-state index contributed by atoms with van der Waals surface area (Å²) in [5.74, 6) is 4.98. The van der Waals surface area contributed by atoms with Crippen molar-refractivity contribution in [2.24, 2.45) is 5.90 Å². The summed E-state index contributed by atoms with van der Waals surface area (Å²) in [6.45, 7) is 1.84. The maximum Gasteiger partial charge on any atom is 0.129 e. The van der Waals surface area contributed by atoms with E-state index in [-0.39, 0.29) is 6.10 Å². The van der Waals surface area contributed by atoms with Crippen molar-refractivity contribution >= 4 is 11.6 Å². The smallest absolute Gasteiger partial charge is 0.129 e. The SMILES string of the molecule is CC(ON)c1ccc(Cl)nc1. The van der Waals surface area contributed by atoms with E-state index in [4.69, 9.17) is 17.5 Å². The van der Waals surface area contributed by atoms with Gasteiger partial charge in [-0.3, -0.25) is 4.84 Å². The number of halogens is 1. The summed E-state index contributed by atoms with van der Waals surface area (Å²) >= 11 is 5.58. The van der Waals surface area contributed by atoms with Crippen LogP contribution in [-0.4, -0.2) is 4.98 Å². The van der Waals surface area contributed by atoms with Gasteiger partial charge in [0, 0.05) is 11.8 Å². The summed E-state index contributed by atoms with van der Waals surface area (Å²) in [6, 6.07) is 3.53. The molecule has 4 heteroatoms. The molecule has 0 bridgehead atoms. The Morgan fingerprint density at radius 3 is 2.82 bits per heavy atom. The van der Waals surface area contributed by atoms with E-state index in [1.807, 2.05) is 13.0 Å². The van der Waals surface area contributed by atoms with Gasteiger partial charge in [0.05, 0.1) is 0 Å². The fraction of sp³-hybridized carbons (Fsp3) is 0.286. The highest BCUT2D eigenvalue weighted by Crippen LogP contribution is 2.14. The fourth-order valence-corrected chi connectivity index (χ4v) is 0.818. The highest BCUT2D eigenvalue weighted by atomic mass is 35.5. The van der Waals surface area contributed by atoms with Gasteiger partial charge in [0.25, 0.3) is 0 Å². The quantitative estimate of drug-likeness (QED) is 0.546. The normalized spacial score (nSPS) is 13.0. The van der Waals surface area contributed by atoms with Crippen molar-refractivity contribution in [1.82, 2.24) is 4.98 Å². The molecule has 3 nitrogen and oxygen atoms in total. The molecule has 11 heavy (non-hydrogen) atoms. The van der Waals surface area contributed by atoms with E-state index >= 15 is 0 Å². The number of aromatic nitrogens is 1. The zero-order valence-corrected chi connectivity index (χ0v) is 6.88. The second-order valence-electron chi connectivity index (χ2n) is 2.19. The first-order chi connectivity index (χ1) is 5.24. The minimum atomic E-state index is -0.139. The van der Waals surface area contributed by atoms with E-state index in [0.29, 0.717) is 5.15 Å². The molecule has 0 radical (unpaired) electrons. The fourth-order valence-electron chi connectivity index (χ4n) is 0.706. The van der Waals surface area contributed by atoms with Crippen LogP contribution >= 0.6 is 11.6 Å². The molecule has 0 aliphatic carbocycles. The lowest BCUT2D eigenvalue weighted by Gasteiger charge is -2.06. The predicted octanol–water partition coefficient (Wildman–Crippen LogP) is 1.69. The Morgan fingerprint density at radius 1 is 1.64 bits per heavy atom. The van der Waals surface area contributed by atoms with E-state index in [1.165, 1.54) is 0 Å². The third-order valence-electron chi connectivity index (χ3n) is 1.42. The summed E-state index contributed by atoms with van der Waals surface area (Å²) in [6.07, 6.45) is 1.50. The van der Waals surface area contributed by atoms with Crippen LogP contribution in [0, 0.1) is 0 Å². The zero-order chi connectivity index (χ0) is 8.27. The molecule has 0 amide bonds. The van der Waals surface area contributed by atoms with Crippen LogP contribution in [0.15, 0.2) is 18.3 Å². The van der Waals surface area contributed by atoms with Gasteiger partial charge in [-0.05, 0) is 13.0 Å². The van der Waals surface area contributed by atoms with Crippen molar-refractivity contribution in [3.8, 4) is 0 Å². The molecule has 0 aliphatic heterocycles. The Labute approximate surface area is 70.1 Å². The molecular formula is C7H9ClN2O. The molecule has 1 atom stereocenters. The molecule has 1 heterocycles. The molecule has 60 valence electrons. The van der Waals surface area contributed by atoms with Gasteiger partial charge >= 0.3 is 0 Å². The van der Waals surface area contributed by atoms with Crippen LogP contribution in [0.3, 0.4) is 0 Å². The highest BCUT2D eigenvalue weighted by molar-refractivity contribution is 6.29. The number of nitrogens with two attached hydrogens (primary N) is 1. The molecule has 1 aromatic rings. The maximum absolute atomic E-state index is 5.58. The second kappa shape index (κ2) is 3.67. The van der Waals surface area contributed by atoms with Gasteiger partial charge in [0.2, 0.25) is 0 Å². The van der Waals surface area contributed by atoms with E-state index < -0.39 is 0 Å². The van der Waals surface area contributed by atoms with Crippen LogP contribution in [0.4, 0.5) is 0 Å². The average Bonchev–Trinajstić information content (AvgIpc) is 2.05. The largest absolute Gasteiger partial charge is 0.297 e. The van der Waals surface area contributed by atoms with Gasteiger partial charge in [-0.1, -0.05) is 17.7 Å². The molecule has 2 N–H and O–H groups in total. The summed E-state index contributed by atoms with van der Waals surface area (Å²) in [5, 5.41) is 0.470. The Balaban J connectivity index is 2.81. The van der Waals surface area contributed by atoms with Gasteiger partial charge in [-0.25, -0.2) is 10.9 Å². The van der Waals surface area contributed by atoms with Crippen molar-refractivity contribution in [3.05, 3.63) is 29.0 Å². The lowest BCUT2D eigenvalue weighted by atomic mass is 10.2. The summed E-state index contributed by atoms with van der Waals surface area (Å²) in [7, 11) is 0. The lowest BCUT2D eigenvalue weighted by Crippen LogP contribution is -2.05. The van der Waals surface area contributed by atoms with Crippen molar-refractivity contribution < 1.29 is 4.84 Å². The molecular weight excluding hydrogens is 164 g/mol. The standard InChI is InChI=1S/C7H9ClN2O/c1-5(11-9)6-2-3-7(8)10-4-6/h2-5H,9H2,1H3. The second-order valence-corrected chi connectivity index (χ2v) is 2.58. The molecule has 0 aromatic carbocycles. The molecule has 0 aliphatic rings. The van der Waals surface area contributed by atoms with Crippen LogP contribution in [0.2, 0.25) is 5.15 Å². The Hall–Kier alpha value is -0.640. The Kier molecular flexibility index (Phi) is 2.82. The minimum absolute atomic E-state index is 0.139. The van der Waals surface area contributed by atoms with Crippen molar-refractivity contribution in [3.63, 3.8) is 0 Å². The third-order valence-corrected chi connectivity index (χ3v) is 1.65. The first kappa shape index (κ1) is 8.46. The molecule has 0 saturated carbocycles. The molecule has 1 unspecified atom stereocenters. The number of hydrogen-bond donors (Lipinski definition) is 1. The zero-order valence-electron chi connectivity index (χ0n) is 6.12. The van der Waals surface area contributed by atoms with E-state index in [9.17, 15) is 0 Å².